The predicted octanol–water partition coefficient (Wildman–Crippen LogP) is 5.44. The van der Waals surface area contributed by atoms with Crippen LogP contribution in [0.5, 0.6) is 11.5 Å². The molecule has 0 aliphatic rings. The van der Waals surface area contributed by atoms with Gasteiger partial charge in [-0.25, -0.2) is 4.98 Å². The second kappa shape index (κ2) is 12.5. The molecule has 2 heterocycles. The van der Waals surface area contributed by atoms with Gasteiger partial charge in [-0.15, -0.1) is 11.3 Å². The van der Waals surface area contributed by atoms with Gasteiger partial charge in [0.05, 0.1) is 5.56 Å². The third-order valence-corrected chi connectivity index (χ3v) is 6.53. The number of carbonyl (C=O) groups is 2. The van der Waals surface area contributed by atoms with E-state index < -0.39 is 11.8 Å². The van der Waals surface area contributed by atoms with Gasteiger partial charge in [0.25, 0.3) is 11.8 Å². The van der Waals surface area contributed by atoms with Crippen molar-refractivity contribution in [3.05, 3.63) is 131 Å². The number of hydrogen-bond donors (Lipinski definition) is 2. The van der Waals surface area contributed by atoms with Crippen molar-refractivity contribution in [1.29, 1.82) is 0 Å². The standard InChI is InChI=1S/C30H24N4O4S/c35-28(23-10-12-24(13-11-23)37-18-22-14-16-31-17-15-22)33-34-29(36)26-20-39-30(32-26)25-8-4-5-9-27(25)38-19-21-6-2-1-3-7-21/h1-17,20H,18-19H2,(H,33,35)(H,34,36). The Hall–Kier alpha value is -5.02. The minimum Gasteiger partial charge on any atom is -0.489 e. The molecular formula is C30H24N4O4S. The lowest BCUT2D eigenvalue weighted by molar-refractivity contribution is 0.0844. The molecule has 8 nitrogen and oxygen atoms in total. The van der Waals surface area contributed by atoms with Crippen molar-refractivity contribution in [2.24, 2.45) is 0 Å². The highest BCUT2D eigenvalue weighted by Crippen LogP contribution is 2.32. The summed E-state index contributed by atoms with van der Waals surface area (Å²) >= 11 is 1.32. The van der Waals surface area contributed by atoms with Gasteiger partial charge in [0, 0.05) is 23.3 Å². The number of ether oxygens (including phenoxy) is 2. The number of aromatic nitrogens is 2. The lowest BCUT2D eigenvalue weighted by Gasteiger charge is -2.10. The molecule has 9 heteroatoms. The van der Waals surface area contributed by atoms with Crippen molar-refractivity contribution < 1.29 is 19.1 Å². The highest BCUT2D eigenvalue weighted by Gasteiger charge is 2.16. The first-order valence-electron chi connectivity index (χ1n) is 12.1. The largest absolute Gasteiger partial charge is 0.489 e. The molecule has 3 aromatic carbocycles. The SMILES string of the molecule is O=C(NNC(=O)c1csc(-c2ccccc2OCc2ccccc2)n1)c1ccc(OCc2ccncc2)cc1. The molecule has 194 valence electrons. The van der Waals surface area contributed by atoms with E-state index in [1.807, 2.05) is 66.7 Å². The summed E-state index contributed by atoms with van der Waals surface area (Å²) in [5, 5.41) is 2.28. The maximum atomic E-state index is 12.7. The molecule has 0 saturated heterocycles. The number of pyridine rings is 1. The maximum absolute atomic E-state index is 12.7. The fraction of sp³-hybridized carbons (Fsp3) is 0.0667. The second-order valence-corrected chi connectivity index (χ2v) is 9.24. The molecule has 0 bridgehead atoms. The van der Waals surface area contributed by atoms with Gasteiger partial charge in [-0.2, -0.15) is 0 Å². The molecule has 0 fully saturated rings. The van der Waals surface area contributed by atoms with E-state index in [9.17, 15) is 9.59 Å². The number of nitrogens with one attached hydrogen (secondary N) is 2. The fourth-order valence-electron chi connectivity index (χ4n) is 3.60. The van der Waals surface area contributed by atoms with Gasteiger partial charge in [-0.3, -0.25) is 25.4 Å². The quantitative estimate of drug-likeness (QED) is 0.243. The zero-order chi connectivity index (χ0) is 26.9. The number of amides is 2. The van der Waals surface area contributed by atoms with E-state index in [0.717, 1.165) is 16.7 Å². The van der Waals surface area contributed by atoms with Gasteiger partial charge < -0.3 is 9.47 Å². The van der Waals surface area contributed by atoms with Crippen LogP contribution in [0.2, 0.25) is 0 Å². The molecule has 5 aromatic rings. The van der Waals surface area contributed by atoms with E-state index >= 15 is 0 Å². The van der Waals surface area contributed by atoms with E-state index in [1.54, 1.807) is 42.0 Å². The van der Waals surface area contributed by atoms with Crippen LogP contribution in [0.3, 0.4) is 0 Å². The van der Waals surface area contributed by atoms with Gasteiger partial charge >= 0.3 is 0 Å². The van der Waals surface area contributed by atoms with Crippen molar-refractivity contribution in [3.8, 4) is 22.1 Å². The molecular weight excluding hydrogens is 512 g/mol. The van der Waals surface area contributed by atoms with Gasteiger partial charge in [0.1, 0.15) is 35.4 Å². The van der Waals surface area contributed by atoms with E-state index in [1.165, 1.54) is 11.3 Å². The zero-order valence-corrected chi connectivity index (χ0v) is 21.6. The number of carbonyl (C=O) groups excluding carboxylic acids is 2. The van der Waals surface area contributed by atoms with Crippen molar-refractivity contribution in [3.63, 3.8) is 0 Å². The van der Waals surface area contributed by atoms with E-state index in [4.69, 9.17) is 9.47 Å². The molecule has 0 aliphatic heterocycles. The third kappa shape index (κ3) is 6.85. The van der Waals surface area contributed by atoms with Crippen LogP contribution in [0.15, 0.2) is 109 Å². The maximum Gasteiger partial charge on any atom is 0.289 e. The number of para-hydroxylation sites is 1. The number of benzene rings is 3. The molecule has 0 radical (unpaired) electrons. The Kier molecular flexibility index (Phi) is 8.20. The molecule has 5 rings (SSSR count). The number of hydrogen-bond acceptors (Lipinski definition) is 7. The molecule has 0 aliphatic carbocycles. The summed E-state index contributed by atoms with van der Waals surface area (Å²) < 4.78 is 11.7. The molecule has 2 N–H and O–H groups in total. The van der Waals surface area contributed by atoms with Crippen LogP contribution in [0.4, 0.5) is 0 Å². The highest BCUT2D eigenvalue weighted by molar-refractivity contribution is 7.13. The van der Waals surface area contributed by atoms with Crippen molar-refractivity contribution in [2.75, 3.05) is 0 Å². The Bertz CT molecular complexity index is 1540. The summed E-state index contributed by atoms with van der Waals surface area (Å²) in [5.41, 5.74) is 8.23. The number of nitrogens with zero attached hydrogens (tertiary/aromatic N) is 2. The normalized spacial score (nSPS) is 10.5. The first-order chi connectivity index (χ1) is 19.2. The molecule has 39 heavy (non-hydrogen) atoms. The molecule has 0 spiro atoms. The lowest BCUT2D eigenvalue weighted by atomic mass is 10.2. The molecule has 0 saturated carbocycles. The van der Waals surface area contributed by atoms with Crippen molar-refractivity contribution in [1.82, 2.24) is 20.8 Å². The van der Waals surface area contributed by atoms with Crippen LogP contribution >= 0.6 is 11.3 Å². The van der Waals surface area contributed by atoms with Crippen LogP contribution < -0.4 is 20.3 Å². The Morgan fingerprint density at radius 3 is 2.18 bits per heavy atom. The molecule has 2 amide bonds. The average molecular weight is 537 g/mol. The summed E-state index contributed by atoms with van der Waals surface area (Å²) in [6.45, 7) is 0.809. The van der Waals surface area contributed by atoms with Crippen molar-refractivity contribution >= 4 is 23.2 Å². The van der Waals surface area contributed by atoms with Gasteiger partial charge in [0.2, 0.25) is 0 Å². The van der Waals surface area contributed by atoms with E-state index in [0.29, 0.717) is 35.3 Å². The number of hydrazine groups is 1. The molecule has 2 aromatic heterocycles. The van der Waals surface area contributed by atoms with Crippen LogP contribution in [0.25, 0.3) is 10.6 Å². The smallest absolute Gasteiger partial charge is 0.289 e. The summed E-state index contributed by atoms with van der Waals surface area (Å²) in [4.78, 5) is 33.6. The Labute approximate surface area is 229 Å². The monoisotopic (exact) mass is 536 g/mol. The third-order valence-electron chi connectivity index (χ3n) is 5.65. The molecule has 0 atom stereocenters. The Balaban J connectivity index is 1.15. The second-order valence-electron chi connectivity index (χ2n) is 8.39. The van der Waals surface area contributed by atoms with Crippen LogP contribution in [0, 0.1) is 0 Å². The Morgan fingerprint density at radius 1 is 0.718 bits per heavy atom. The predicted molar refractivity (Wildman–Crippen MR) is 148 cm³/mol. The average Bonchev–Trinajstić information content (AvgIpc) is 3.49. The fourth-order valence-corrected chi connectivity index (χ4v) is 4.43. The van der Waals surface area contributed by atoms with Crippen LogP contribution in [-0.4, -0.2) is 21.8 Å². The number of thiazole rings is 1. The zero-order valence-electron chi connectivity index (χ0n) is 20.7. The molecule has 0 unspecified atom stereocenters. The summed E-state index contributed by atoms with van der Waals surface area (Å²) in [6, 6.07) is 27.8. The van der Waals surface area contributed by atoms with Gasteiger partial charge in [0.15, 0.2) is 0 Å². The highest BCUT2D eigenvalue weighted by atomic mass is 32.1. The van der Waals surface area contributed by atoms with E-state index in [-0.39, 0.29) is 5.69 Å². The minimum atomic E-state index is -0.522. The summed E-state index contributed by atoms with van der Waals surface area (Å²) in [6.07, 6.45) is 3.40. The Morgan fingerprint density at radius 2 is 1.38 bits per heavy atom. The van der Waals surface area contributed by atoms with Crippen LogP contribution in [0.1, 0.15) is 32.0 Å². The number of rotatable bonds is 9. The summed E-state index contributed by atoms with van der Waals surface area (Å²) in [7, 11) is 0. The summed E-state index contributed by atoms with van der Waals surface area (Å²) in [5.74, 6) is 0.310. The lowest BCUT2D eigenvalue weighted by Crippen LogP contribution is -2.41. The van der Waals surface area contributed by atoms with Gasteiger partial charge in [-0.05, 0) is 59.7 Å². The van der Waals surface area contributed by atoms with Crippen LogP contribution in [-0.2, 0) is 13.2 Å². The topological polar surface area (TPSA) is 102 Å². The van der Waals surface area contributed by atoms with Gasteiger partial charge in [-0.1, -0.05) is 42.5 Å². The first kappa shape index (κ1) is 25.6. The van der Waals surface area contributed by atoms with E-state index in [2.05, 4.69) is 20.8 Å². The minimum absolute atomic E-state index is 0.188. The first-order valence-corrected chi connectivity index (χ1v) is 13.0. The van der Waals surface area contributed by atoms with Crippen molar-refractivity contribution in [2.45, 2.75) is 13.2 Å².